The van der Waals surface area contributed by atoms with Gasteiger partial charge in [0.25, 0.3) is 0 Å². The van der Waals surface area contributed by atoms with Crippen LogP contribution in [0.15, 0.2) is 24.6 Å². The van der Waals surface area contributed by atoms with Crippen molar-refractivity contribution in [1.82, 2.24) is 10.2 Å². The largest absolute Gasteiger partial charge is 0.395 e. The van der Waals surface area contributed by atoms with Gasteiger partial charge in [-0.3, -0.25) is 0 Å². The highest BCUT2D eigenvalue weighted by Gasteiger charge is 2.16. The van der Waals surface area contributed by atoms with Crippen LogP contribution >= 0.6 is 0 Å². The molecule has 0 aliphatic carbocycles. The molecule has 1 heterocycles. The highest BCUT2D eigenvalue weighted by atomic mass is 16.3. The summed E-state index contributed by atoms with van der Waals surface area (Å²) >= 11 is 0. The quantitative estimate of drug-likeness (QED) is 0.395. The Bertz CT molecular complexity index is 289. The first-order chi connectivity index (χ1) is 10.4. The van der Waals surface area contributed by atoms with Crippen molar-refractivity contribution in [1.29, 1.82) is 0 Å². The minimum Gasteiger partial charge on any atom is -0.395 e. The van der Waals surface area contributed by atoms with E-state index < -0.39 is 0 Å². The van der Waals surface area contributed by atoms with E-state index in [1.165, 1.54) is 64.2 Å². The first-order valence-electron chi connectivity index (χ1n) is 8.82. The summed E-state index contributed by atoms with van der Waals surface area (Å²) in [5.74, 6) is 0. The molecule has 0 saturated heterocycles. The summed E-state index contributed by atoms with van der Waals surface area (Å²) < 4.78 is 0. The van der Waals surface area contributed by atoms with E-state index in [1.807, 2.05) is 12.4 Å². The van der Waals surface area contributed by atoms with Gasteiger partial charge in [-0.25, -0.2) is 0 Å². The summed E-state index contributed by atoms with van der Waals surface area (Å²) in [5.41, 5.74) is 0. The van der Waals surface area contributed by atoms with Gasteiger partial charge in [0, 0.05) is 18.9 Å². The maximum Gasteiger partial charge on any atom is 0.0982 e. The lowest BCUT2D eigenvalue weighted by atomic mass is 10.1. The van der Waals surface area contributed by atoms with Gasteiger partial charge in [0.05, 0.1) is 12.8 Å². The van der Waals surface area contributed by atoms with Crippen LogP contribution in [0.1, 0.15) is 71.1 Å². The van der Waals surface area contributed by atoms with E-state index >= 15 is 0 Å². The molecule has 0 amide bonds. The van der Waals surface area contributed by atoms with E-state index in [2.05, 4.69) is 29.3 Å². The molecule has 1 atom stereocenters. The van der Waals surface area contributed by atoms with Gasteiger partial charge in [-0.05, 0) is 32.1 Å². The van der Waals surface area contributed by atoms with E-state index in [0.717, 1.165) is 6.54 Å². The zero-order valence-corrected chi connectivity index (χ0v) is 13.8. The second-order valence-electron chi connectivity index (χ2n) is 5.92. The molecule has 0 fully saturated rings. The van der Waals surface area contributed by atoms with E-state index in [0.29, 0.717) is 6.17 Å². The van der Waals surface area contributed by atoms with Gasteiger partial charge in [0.15, 0.2) is 0 Å². The molecule has 122 valence electrons. The van der Waals surface area contributed by atoms with Crippen LogP contribution in [0.2, 0.25) is 0 Å². The Morgan fingerprint density at radius 2 is 1.76 bits per heavy atom. The fraction of sp³-hybridized carbons (Fsp3) is 0.778. The standard InChI is InChI=1S/C18H34N2O/c1-2-3-4-5-6-7-8-9-10-11-12-13-18-19-14-15-20(18)16-17-21/h4-5,14-15,18-19,21H,2-3,6-13,16-17H2,1H3/b5-4+. The van der Waals surface area contributed by atoms with Crippen molar-refractivity contribution < 1.29 is 5.11 Å². The fourth-order valence-electron chi connectivity index (χ4n) is 2.75. The summed E-state index contributed by atoms with van der Waals surface area (Å²) in [7, 11) is 0. The number of nitrogens with zero attached hydrogens (tertiary/aromatic N) is 1. The molecule has 21 heavy (non-hydrogen) atoms. The van der Waals surface area contributed by atoms with Crippen molar-refractivity contribution in [3.63, 3.8) is 0 Å². The summed E-state index contributed by atoms with van der Waals surface area (Å²) in [4.78, 5) is 2.20. The van der Waals surface area contributed by atoms with E-state index in [9.17, 15) is 0 Å². The van der Waals surface area contributed by atoms with Gasteiger partial charge in [0.2, 0.25) is 0 Å². The molecule has 1 unspecified atom stereocenters. The SMILES string of the molecule is CCC/C=C/CCCCCCCCC1NC=CN1CCO. The molecule has 1 aliphatic heterocycles. The number of nitrogens with one attached hydrogen (secondary N) is 1. The van der Waals surface area contributed by atoms with Crippen LogP contribution in [0, 0.1) is 0 Å². The summed E-state index contributed by atoms with van der Waals surface area (Å²) in [6.07, 6.45) is 22.1. The van der Waals surface area contributed by atoms with Crippen molar-refractivity contribution >= 4 is 0 Å². The van der Waals surface area contributed by atoms with E-state index in [-0.39, 0.29) is 6.61 Å². The van der Waals surface area contributed by atoms with Crippen molar-refractivity contribution in [3.05, 3.63) is 24.6 Å². The van der Waals surface area contributed by atoms with Crippen molar-refractivity contribution in [2.75, 3.05) is 13.2 Å². The number of allylic oxidation sites excluding steroid dienone is 2. The predicted molar refractivity (Wildman–Crippen MR) is 90.8 cm³/mol. The first kappa shape index (κ1) is 18.1. The van der Waals surface area contributed by atoms with Crippen molar-refractivity contribution in [2.45, 2.75) is 77.3 Å². The Hall–Kier alpha value is -0.960. The molecular weight excluding hydrogens is 260 g/mol. The topological polar surface area (TPSA) is 35.5 Å². The second kappa shape index (κ2) is 12.8. The number of unbranched alkanes of at least 4 members (excludes halogenated alkanes) is 7. The minimum absolute atomic E-state index is 0.231. The second-order valence-corrected chi connectivity index (χ2v) is 5.92. The Morgan fingerprint density at radius 3 is 2.52 bits per heavy atom. The number of hydrogen-bond donors (Lipinski definition) is 2. The average molecular weight is 294 g/mol. The van der Waals surface area contributed by atoms with Crippen LogP contribution < -0.4 is 5.32 Å². The van der Waals surface area contributed by atoms with Crippen LogP contribution in [-0.4, -0.2) is 29.3 Å². The van der Waals surface area contributed by atoms with Crippen molar-refractivity contribution in [3.8, 4) is 0 Å². The van der Waals surface area contributed by atoms with E-state index in [4.69, 9.17) is 5.11 Å². The molecular formula is C18H34N2O. The molecule has 0 radical (unpaired) electrons. The number of aliphatic hydroxyl groups excluding tert-OH is 1. The van der Waals surface area contributed by atoms with Crippen LogP contribution in [0.25, 0.3) is 0 Å². The smallest absolute Gasteiger partial charge is 0.0982 e. The maximum atomic E-state index is 9.00. The highest BCUT2D eigenvalue weighted by molar-refractivity contribution is 4.93. The number of β-amino-alcohol motifs (C(OH)–C–C–N with tert-alkyl or cyclic N) is 1. The molecule has 0 spiro atoms. The fourth-order valence-corrected chi connectivity index (χ4v) is 2.75. The van der Waals surface area contributed by atoms with Gasteiger partial charge in [-0.15, -0.1) is 0 Å². The maximum absolute atomic E-state index is 9.00. The lowest BCUT2D eigenvalue weighted by Crippen LogP contribution is -2.36. The van der Waals surface area contributed by atoms with Gasteiger partial charge in [-0.1, -0.05) is 51.2 Å². The van der Waals surface area contributed by atoms with Crippen LogP contribution in [0.4, 0.5) is 0 Å². The van der Waals surface area contributed by atoms with Crippen LogP contribution in [0.3, 0.4) is 0 Å². The van der Waals surface area contributed by atoms with Crippen LogP contribution in [-0.2, 0) is 0 Å². The minimum atomic E-state index is 0.231. The Labute approximate surface area is 131 Å². The molecule has 0 bridgehead atoms. The number of aliphatic hydroxyl groups is 1. The zero-order valence-electron chi connectivity index (χ0n) is 13.8. The molecule has 3 heteroatoms. The predicted octanol–water partition coefficient (Wildman–Crippen LogP) is 4.16. The molecule has 2 N–H and O–H groups in total. The third kappa shape index (κ3) is 8.82. The Balaban J connectivity index is 1.86. The lowest BCUT2D eigenvalue weighted by Gasteiger charge is -2.24. The lowest BCUT2D eigenvalue weighted by molar-refractivity contribution is 0.194. The van der Waals surface area contributed by atoms with Crippen molar-refractivity contribution in [2.24, 2.45) is 0 Å². The number of hydrogen-bond acceptors (Lipinski definition) is 3. The van der Waals surface area contributed by atoms with Gasteiger partial charge in [-0.2, -0.15) is 0 Å². The summed E-state index contributed by atoms with van der Waals surface area (Å²) in [5, 5.41) is 12.4. The average Bonchev–Trinajstić information content (AvgIpc) is 2.92. The molecule has 3 nitrogen and oxygen atoms in total. The van der Waals surface area contributed by atoms with Gasteiger partial charge in [0.1, 0.15) is 0 Å². The van der Waals surface area contributed by atoms with Gasteiger partial charge < -0.3 is 15.3 Å². The molecule has 0 aromatic rings. The molecule has 0 saturated carbocycles. The Morgan fingerprint density at radius 1 is 1.05 bits per heavy atom. The van der Waals surface area contributed by atoms with Gasteiger partial charge >= 0.3 is 0 Å². The number of rotatable bonds is 13. The zero-order chi connectivity index (χ0) is 15.2. The molecule has 1 aliphatic rings. The third-order valence-electron chi connectivity index (χ3n) is 4.03. The molecule has 0 aromatic carbocycles. The monoisotopic (exact) mass is 294 g/mol. The summed E-state index contributed by atoms with van der Waals surface area (Å²) in [6.45, 7) is 3.19. The van der Waals surface area contributed by atoms with Crippen LogP contribution in [0.5, 0.6) is 0 Å². The first-order valence-corrected chi connectivity index (χ1v) is 8.82. The Kier molecular flexibility index (Phi) is 11.0. The molecule has 1 rings (SSSR count). The summed E-state index contributed by atoms with van der Waals surface area (Å²) in [6, 6.07) is 0. The normalized spacial score (nSPS) is 17.8. The third-order valence-corrected chi connectivity index (χ3v) is 4.03. The highest BCUT2D eigenvalue weighted by Crippen LogP contribution is 2.14. The van der Waals surface area contributed by atoms with E-state index in [1.54, 1.807) is 0 Å². The molecule has 0 aromatic heterocycles.